The summed E-state index contributed by atoms with van der Waals surface area (Å²) in [6.45, 7) is 6.04. The number of nitrogens with two attached hydrogens (primary N) is 1. The number of carbonyl (C=O) groups is 1. The summed E-state index contributed by atoms with van der Waals surface area (Å²) < 4.78 is 5.61. The number of hydrogen-bond donors (Lipinski definition) is 1. The van der Waals surface area contributed by atoms with Crippen molar-refractivity contribution in [1.82, 2.24) is 0 Å². The molecule has 0 aromatic heterocycles. The van der Waals surface area contributed by atoms with Gasteiger partial charge in [-0.05, 0) is 32.3 Å². The van der Waals surface area contributed by atoms with Crippen LogP contribution in [0.25, 0.3) is 0 Å². The molecule has 0 radical (unpaired) electrons. The molecule has 2 N–H and O–H groups in total. The Balaban J connectivity index is 2.31. The third kappa shape index (κ3) is 4.42. The lowest BCUT2D eigenvalue weighted by Crippen LogP contribution is -2.84. The van der Waals surface area contributed by atoms with E-state index in [0.29, 0.717) is 0 Å². The van der Waals surface area contributed by atoms with Crippen molar-refractivity contribution in [2.75, 3.05) is 13.1 Å². The molecule has 0 saturated carbocycles. The van der Waals surface area contributed by atoms with Crippen molar-refractivity contribution in [1.29, 1.82) is 0 Å². The molecule has 1 aliphatic heterocycles. The lowest BCUT2D eigenvalue weighted by Gasteiger charge is -2.37. The van der Waals surface area contributed by atoms with Crippen molar-refractivity contribution in [2.45, 2.75) is 48.6 Å². The number of benzene rings is 1. The van der Waals surface area contributed by atoms with Gasteiger partial charge >= 0.3 is 5.97 Å². The van der Waals surface area contributed by atoms with E-state index in [2.05, 4.69) is 40.0 Å². The summed E-state index contributed by atoms with van der Waals surface area (Å²) >= 11 is 2.16. The van der Waals surface area contributed by atoms with Crippen LogP contribution in [-0.2, 0) is 15.1 Å². The molecule has 1 aromatic rings. The molecule has 3 nitrogen and oxygen atoms in total. The van der Waals surface area contributed by atoms with Gasteiger partial charge in [-0.2, -0.15) is 0 Å². The molecular weight excluding hydrogens is 377 g/mol. The predicted molar refractivity (Wildman–Crippen MR) is 92.4 cm³/mol. The molecule has 0 unspecified atom stereocenters. The zero-order valence-electron chi connectivity index (χ0n) is 12.9. The normalized spacial score (nSPS) is 19.4. The molecule has 1 heterocycles. The number of carbonyl (C=O) groups excluding carboxylic acids is 1. The topological polar surface area (TPSA) is 42.9 Å². The van der Waals surface area contributed by atoms with Gasteiger partial charge in [-0.15, -0.1) is 0 Å². The lowest BCUT2D eigenvalue weighted by molar-refractivity contribution is -0.657. The molecule has 0 bridgehead atoms. The Morgan fingerprint density at radius 2 is 1.76 bits per heavy atom. The van der Waals surface area contributed by atoms with Crippen LogP contribution in [0, 0.1) is 0 Å². The molecule has 2 rings (SSSR count). The molecule has 1 fully saturated rings. The van der Waals surface area contributed by atoms with Gasteiger partial charge in [-0.25, -0.2) is 0 Å². The third-order valence-electron chi connectivity index (χ3n) is 4.05. The van der Waals surface area contributed by atoms with Crippen LogP contribution < -0.4 is 5.32 Å². The third-order valence-corrected chi connectivity index (χ3v) is 4.49. The summed E-state index contributed by atoms with van der Waals surface area (Å²) in [7, 11) is 0. The van der Waals surface area contributed by atoms with Gasteiger partial charge in [0.15, 0.2) is 0 Å². The van der Waals surface area contributed by atoms with Crippen LogP contribution in [0.15, 0.2) is 30.3 Å². The van der Waals surface area contributed by atoms with E-state index in [0.717, 1.165) is 44.3 Å². The largest absolute Gasteiger partial charge is 0.453 e. The number of quaternary nitrogens is 1. The zero-order chi connectivity index (χ0) is 15.3. The van der Waals surface area contributed by atoms with Crippen molar-refractivity contribution in [2.24, 2.45) is 0 Å². The van der Waals surface area contributed by atoms with E-state index in [1.165, 1.54) is 0 Å². The quantitative estimate of drug-likeness (QED) is 0.480. The van der Waals surface area contributed by atoms with Crippen molar-refractivity contribution in [3.8, 4) is 0 Å². The lowest BCUT2D eigenvalue weighted by atomic mass is 9.83. The smallest absolute Gasteiger partial charge is 0.322 e. The van der Waals surface area contributed by atoms with E-state index in [4.69, 9.17) is 4.74 Å². The van der Waals surface area contributed by atoms with Crippen LogP contribution in [0.1, 0.15) is 45.1 Å². The molecular formula is C17H25INO2+. The second-order valence-electron chi connectivity index (χ2n) is 6.30. The Bertz CT molecular complexity index is 459. The summed E-state index contributed by atoms with van der Waals surface area (Å²) in [6.07, 6.45) is 3.96. The first-order valence-electron chi connectivity index (χ1n) is 7.74. The van der Waals surface area contributed by atoms with E-state index in [-0.39, 0.29) is 5.97 Å². The molecule has 0 spiro atoms. The van der Waals surface area contributed by atoms with Crippen molar-refractivity contribution >= 4 is 28.6 Å². The molecule has 0 amide bonds. The zero-order valence-corrected chi connectivity index (χ0v) is 15.1. The molecule has 0 aliphatic carbocycles. The van der Waals surface area contributed by atoms with Gasteiger partial charge in [0.2, 0.25) is 0 Å². The summed E-state index contributed by atoms with van der Waals surface area (Å²) in [5.41, 5.74) is 0.690. The fraction of sp³-hybridized carbons (Fsp3) is 0.588. The minimum Gasteiger partial charge on any atom is -0.453 e. The van der Waals surface area contributed by atoms with E-state index in [1.807, 2.05) is 32.0 Å². The average Bonchev–Trinajstić information content (AvgIpc) is 2.42. The average molecular weight is 402 g/mol. The first kappa shape index (κ1) is 16.7. The van der Waals surface area contributed by atoms with E-state index in [1.54, 1.807) is 0 Å². The fourth-order valence-electron chi connectivity index (χ4n) is 2.82. The fourth-order valence-corrected chi connectivity index (χ4v) is 2.93. The summed E-state index contributed by atoms with van der Waals surface area (Å²) in [4.78, 5) is 12.5. The summed E-state index contributed by atoms with van der Waals surface area (Å²) in [6, 6.07) is 10.3. The molecule has 21 heavy (non-hydrogen) atoms. The van der Waals surface area contributed by atoms with Gasteiger partial charge in [0, 0.05) is 12.8 Å². The first-order valence-corrected chi connectivity index (χ1v) is 8.81. The molecule has 0 atom stereocenters. The number of rotatable bonds is 3. The highest BCUT2D eigenvalue weighted by atomic mass is 127. The molecule has 4 heteroatoms. The number of hydrogen-bond acceptors (Lipinski definition) is 2. The van der Waals surface area contributed by atoms with Gasteiger partial charge in [0.05, 0.1) is 13.1 Å². The van der Waals surface area contributed by atoms with E-state index >= 15 is 0 Å². The Morgan fingerprint density at radius 1 is 1.19 bits per heavy atom. The minimum absolute atomic E-state index is 0.114. The van der Waals surface area contributed by atoms with Gasteiger partial charge < -0.3 is 10.1 Å². The highest BCUT2D eigenvalue weighted by Gasteiger charge is 2.40. The maximum Gasteiger partial charge on any atom is 0.322 e. The monoisotopic (exact) mass is 402 g/mol. The number of esters is 1. The Morgan fingerprint density at radius 3 is 2.29 bits per heavy atom. The number of alkyl halides is 1. The van der Waals surface area contributed by atoms with Crippen molar-refractivity contribution in [3.05, 3.63) is 35.9 Å². The second-order valence-corrected chi connectivity index (χ2v) is 8.99. The molecule has 116 valence electrons. The summed E-state index contributed by atoms with van der Waals surface area (Å²) in [5.74, 6) is -0.114. The van der Waals surface area contributed by atoms with Crippen LogP contribution in [0.3, 0.4) is 0 Å². The van der Waals surface area contributed by atoms with Gasteiger partial charge in [-0.1, -0.05) is 52.9 Å². The molecule has 1 saturated heterocycles. The Labute approximate surface area is 141 Å². The standard InChI is InChI=1S/C17H24INO2/c1-16(2,18)15(20)21-17(14-8-4-3-5-9-14)10-6-12-19-13-7-11-17/h3-5,8-9,19H,6-7,10-13H2,1-2H3/p+1. The van der Waals surface area contributed by atoms with Crippen LogP contribution in [-0.4, -0.2) is 22.5 Å². The van der Waals surface area contributed by atoms with Gasteiger partial charge in [-0.3, -0.25) is 4.79 Å². The highest BCUT2D eigenvalue weighted by molar-refractivity contribution is 14.1. The highest BCUT2D eigenvalue weighted by Crippen LogP contribution is 2.38. The maximum atomic E-state index is 12.5. The Hall–Kier alpha value is -0.620. The van der Waals surface area contributed by atoms with Crippen LogP contribution in [0.5, 0.6) is 0 Å². The van der Waals surface area contributed by atoms with Gasteiger partial charge in [0.1, 0.15) is 9.02 Å². The minimum atomic E-state index is -0.492. The van der Waals surface area contributed by atoms with Crippen LogP contribution in [0.4, 0.5) is 0 Å². The number of ether oxygens (including phenoxy) is 1. The predicted octanol–water partition coefficient (Wildman–Crippen LogP) is 2.78. The second kappa shape index (κ2) is 7.09. The first-order chi connectivity index (χ1) is 9.94. The molecule has 1 aromatic carbocycles. The van der Waals surface area contributed by atoms with Crippen molar-refractivity contribution < 1.29 is 14.8 Å². The Kier molecular flexibility index (Phi) is 5.66. The summed E-state index contributed by atoms with van der Waals surface area (Å²) in [5, 5.41) is 2.36. The molecule has 1 aliphatic rings. The van der Waals surface area contributed by atoms with Crippen LogP contribution >= 0.6 is 22.6 Å². The van der Waals surface area contributed by atoms with Crippen molar-refractivity contribution in [3.63, 3.8) is 0 Å². The van der Waals surface area contributed by atoms with Gasteiger partial charge in [0.25, 0.3) is 0 Å². The SMILES string of the molecule is CC(C)(I)C(=O)OC1(c2ccccc2)CCC[NH2+]CCC1. The van der Waals surface area contributed by atoms with E-state index in [9.17, 15) is 4.79 Å². The maximum absolute atomic E-state index is 12.5. The number of halogens is 1. The van der Waals surface area contributed by atoms with Crippen LogP contribution in [0.2, 0.25) is 0 Å². The van der Waals surface area contributed by atoms with E-state index < -0.39 is 9.02 Å².